The normalized spacial score (nSPS) is 16.4. The molecule has 1 aromatic carbocycles. The highest BCUT2D eigenvalue weighted by Crippen LogP contribution is 2.31. The van der Waals surface area contributed by atoms with Crippen LogP contribution in [0.5, 0.6) is 0 Å². The van der Waals surface area contributed by atoms with Gasteiger partial charge in [-0.1, -0.05) is 30.0 Å². The molecule has 0 bridgehead atoms. The van der Waals surface area contributed by atoms with Crippen molar-refractivity contribution in [3.63, 3.8) is 0 Å². The third kappa shape index (κ3) is 2.95. The molecule has 1 aromatic heterocycles. The molecule has 2 heterocycles. The van der Waals surface area contributed by atoms with Gasteiger partial charge in [-0.15, -0.1) is 0 Å². The van der Waals surface area contributed by atoms with Crippen LogP contribution < -0.4 is 5.43 Å². The van der Waals surface area contributed by atoms with Gasteiger partial charge in [-0.2, -0.15) is 5.01 Å². The van der Waals surface area contributed by atoms with Crippen molar-refractivity contribution in [1.29, 1.82) is 0 Å². The molecule has 5 nitrogen and oxygen atoms in total. The summed E-state index contributed by atoms with van der Waals surface area (Å²) >= 11 is 6.31. The van der Waals surface area contributed by atoms with Crippen LogP contribution in [0, 0.1) is 0 Å². The van der Waals surface area contributed by atoms with Gasteiger partial charge >= 0.3 is 0 Å². The largest absolute Gasteiger partial charge is 0.362 e. The summed E-state index contributed by atoms with van der Waals surface area (Å²) in [6, 6.07) is 12.3. The molecule has 22 heavy (non-hydrogen) atoms. The van der Waals surface area contributed by atoms with Gasteiger partial charge in [-0.05, 0) is 42.6 Å². The van der Waals surface area contributed by atoms with Gasteiger partial charge in [0.1, 0.15) is 0 Å². The first-order valence-electron chi connectivity index (χ1n) is 6.42. The summed E-state index contributed by atoms with van der Waals surface area (Å²) in [5.41, 5.74) is 3.80. The van der Waals surface area contributed by atoms with Crippen LogP contribution in [0.2, 0.25) is 0 Å². The van der Waals surface area contributed by atoms with E-state index < -0.39 is 0 Å². The summed E-state index contributed by atoms with van der Waals surface area (Å²) in [6.45, 7) is 0. The summed E-state index contributed by atoms with van der Waals surface area (Å²) in [4.78, 5) is 27.9. The maximum atomic E-state index is 12.3. The average Bonchev–Trinajstić information content (AvgIpc) is 3.12. The van der Waals surface area contributed by atoms with Crippen molar-refractivity contribution in [2.45, 2.75) is 0 Å². The number of hydrogen-bond donors (Lipinski definition) is 2. The molecule has 0 unspecified atom stereocenters. The fourth-order valence-electron chi connectivity index (χ4n) is 1.89. The number of thioether (sulfide) groups is 1. The zero-order chi connectivity index (χ0) is 15.5. The minimum atomic E-state index is -0.377. The molecule has 110 valence electrons. The first kappa shape index (κ1) is 14.6. The van der Waals surface area contributed by atoms with Crippen molar-refractivity contribution in [3.8, 4) is 0 Å². The maximum Gasteiger partial charge on any atom is 0.285 e. The molecule has 1 aliphatic heterocycles. The minimum Gasteiger partial charge on any atom is -0.362 e. The average molecular weight is 329 g/mol. The van der Waals surface area contributed by atoms with Gasteiger partial charge in [0.25, 0.3) is 11.8 Å². The van der Waals surface area contributed by atoms with Crippen molar-refractivity contribution in [2.24, 2.45) is 0 Å². The lowest BCUT2D eigenvalue weighted by molar-refractivity contribution is -0.123. The van der Waals surface area contributed by atoms with Gasteiger partial charge in [0, 0.05) is 17.5 Å². The molecule has 0 aliphatic carbocycles. The Morgan fingerprint density at radius 2 is 2.00 bits per heavy atom. The Morgan fingerprint density at radius 3 is 2.68 bits per heavy atom. The minimum absolute atomic E-state index is 0.298. The van der Waals surface area contributed by atoms with E-state index in [0.29, 0.717) is 14.8 Å². The first-order chi connectivity index (χ1) is 10.6. The van der Waals surface area contributed by atoms with Crippen molar-refractivity contribution < 1.29 is 9.59 Å². The molecular weight excluding hydrogens is 318 g/mol. The number of benzene rings is 1. The van der Waals surface area contributed by atoms with Crippen LogP contribution in [0.15, 0.2) is 53.6 Å². The number of rotatable bonds is 3. The maximum absolute atomic E-state index is 12.3. The van der Waals surface area contributed by atoms with Crippen LogP contribution in [0.3, 0.4) is 0 Å². The Balaban J connectivity index is 1.76. The van der Waals surface area contributed by atoms with Crippen LogP contribution in [-0.2, 0) is 4.79 Å². The summed E-state index contributed by atoms with van der Waals surface area (Å²) in [5, 5.41) is 1.10. The Kier molecular flexibility index (Phi) is 4.08. The Labute approximate surface area is 136 Å². The lowest BCUT2D eigenvalue weighted by Crippen LogP contribution is -2.44. The van der Waals surface area contributed by atoms with E-state index in [-0.39, 0.29) is 11.8 Å². The molecule has 0 saturated carbocycles. The number of aromatic nitrogens is 1. The van der Waals surface area contributed by atoms with E-state index in [1.165, 1.54) is 0 Å². The fourth-order valence-corrected chi connectivity index (χ4v) is 3.07. The number of amides is 2. The van der Waals surface area contributed by atoms with E-state index in [2.05, 4.69) is 10.4 Å². The van der Waals surface area contributed by atoms with E-state index in [1.807, 2.05) is 18.2 Å². The Bertz CT molecular complexity index is 754. The van der Waals surface area contributed by atoms with E-state index in [4.69, 9.17) is 12.2 Å². The molecule has 2 aromatic rings. The molecule has 2 amide bonds. The number of nitrogens with zero attached hydrogens (tertiary/aromatic N) is 1. The number of carbonyl (C=O) groups is 2. The zero-order valence-corrected chi connectivity index (χ0v) is 12.9. The van der Waals surface area contributed by atoms with Crippen LogP contribution in [0.1, 0.15) is 16.1 Å². The van der Waals surface area contributed by atoms with Gasteiger partial charge in [0.15, 0.2) is 4.32 Å². The van der Waals surface area contributed by atoms with Crippen LogP contribution >= 0.6 is 24.0 Å². The Hall–Kier alpha value is -2.38. The van der Waals surface area contributed by atoms with Crippen LogP contribution in [-0.4, -0.2) is 26.1 Å². The lowest BCUT2D eigenvalue weighted by Gasteiger charge is -2.15. The zero-order valence-electron chi connectivity index (χ0n) is 11.3. The first-order valence-corrected chi connectivity index (χ1v) is 7.65. The number of hydrogen-bond acceptors (Lipinski definition) is 4. The summed E-state index contributed by atoms with van der Waals surface area (Å²) in [5.74, 6) is -0.716. The SMILES string of the molecule is O=C(NN1C(=O)C(=Cc2ccc[nH]2)SC1=S)c1ccccc1. The van der Waals surface area contributed by atoms with Crippen molar-refractivity contribution in [1.82, 2.24) is 15.4 Å². The molecule has 7 heteroatoms. The predicted molar refractivity (Wildman–Crippen MR) is 89.7 cm³/mol. The number of hydrazine groups is 1. The molecule has 3 rings (SSSR count). The summed E-state index contributed by atoms with van der Waals surface area (Å²) < 4.78 is 0.298. The molecule has 0 spiro atoms. The highest BCUT2D eigenvalue weighted by Gasteiger charge is 2.33. The van der Waals surface area contributed by atoms with E-state index in [9.17, 15) is 9.59 Å². The van der Waals surface area contributed by atoms with Crippen molar-refractivity contribution >= 4 is 46.2 Å². The lowest BCUT2D eigenvalue weighted by atomic mass is 10.2. The number of thiocarbonyl (C=S) groups is 1. The topological polar surface area (TPSA) is 65.2 Å². The molecule has 0 radical (unpaired) electrons. The van der Waals surface area contributed by atoms with Gasteiger partial charge in [-0.25, -0.2) is 0 Å². The van der Waals surface area contributed by atoms with Crippen LogP contribution in [0.4, 0.5) is 0 Å². The van der Waals surface area contributed by atoms with Gasteiger partial charge in [-0.3, -0.25) is 15.0 Å². The predicted octanol–water partition coefficient (Wildman–Crippen LogP) is 2.56. The molecular formula is C15H11N3O2S2. The van der Waals surface area contributed by atoms with Gasteiger partial charge < -0.3 is 4.98 Å². The third-order valence-electron chi connectivity index (χ3n) is 2.95. The van der Waals surface area contributed by atoms with Gasteiger partial charge in [0.2, 0.25) is 0 Å². The number of H-pyrrole nitrogens is 1. The molecule has 0 atom stereocenters. The second-order valence-electron chi connectivity index (χ2n) is 4.45. The smallest absolute Gasteiger partial charge is 0.285 e. The van der Waals surface area contributed by atoms with Crippen molar-refractivity contribution in [3.05, 3.63) is 64.8 Å². The highest BCUT2D eigenvalue weighted by atomic mass is 32.2. The monoisotopic (exact) mass is 329 g/mol. The number of carbonyl (C=O) groups excluding carboxylic acids is 2. The molecule has 2 N–H and O–H groups in total. The Morgan fingerprint density at radius 1 is 1.23 bits per heavy atom. The van der Waals surface area contributed by atoms with E-state index in [0.717, 1.165) is 22.5 Å². The third-order valence-corrected chi connectivity index (χ3v) is 4.25. The number of nitrogens with one attached hydrogen (secondary N) is 2. The van der Waals surface area contributed by atoms with Crippen LogP contribution in [0.25, 0.3) is 6.08 Å². The van der Waals surface area contributed by atoms with E-state index in [1.54, 1.807) is 36.5 Å². The fraction of sp³-hybridized carbons (Fsp3) is 0. The summed E-state index contributed by atoms with van der Waals surface area (Å²) in [7, 11) is 0. The quantitative estimate of drug-likeness (QED) is 0.671. The molecule has 1 saturated heterocycles. The second kappa shape index (κ2) is 6.17. The number of aromatic amines is 1. The van der Waals surface area contributed by atoms with Gasteiger partial charge in [0.05, 0.1) is 4.91 Å². The molecule has 1 fully saturated rings. The molecule has 1 aliphatic rings. The standard InChI is InChI=1S/C15H11N3O2S2/c19-13(10-5-2-1-3-6-10)17-18-14(20)12(22-15(18)21)9-11-7-4-8-16-11/h1-9,16H,(H,17,19). The van der Waals surface area contributed by atoms with Crippen molar-refractivity contribution in [2.75, 3.05) is 0 Å². The summed E-state index contributed by atoms with van der Waals surface area (Å²) in [6.07, 6.45) is 3.47. The van der Waals surface area contributed by atoms with E-state index >= 15 is 0 Å². The second-order valence-corrected chi connectivity index (χ2v) is 6.13. The highest BCUT2D eigenvalue weighted by molar-refractivity contribution is 8.26.